The van der Waals surface area contributed by atoms with Crippen molar-refractivity contribution in [3.8, 4) is 0 Å². The maximum absolute atomic E-state index is 14.4. The second-order valence-corrected chi connectivity index (χ2v) is 14.9. The molecule has 6 atom stereocenters. The maximum atomic E-state index is 14.4. The number of halogens is 4. The lowest BCUT2D eigenvalue weighted by Crippen LogP contribution is -2.50. The van der Waals surface area contributed by atoms with Gasteiger partial charge in [-0.25, -0.2) is 13.6 Å². The van der Waals surface area contributed by atoms with Gasteiger partial charge >= 0.3 is 6.09 Å². The van der Waals surface area contributed by atoms with Gasteiger partial charge in [0.1, 0.15) is 11.6 Å². The SMILES string of the molecule is CC.CN(C(=O)[C@@H]1[C@H]2CCCC2CN1C(=O)OC(C)(C)C)c1cccc(Cl)c1F.CN(C(=O)[C@H]1NC[C@@H]2CCC[C@@H]21)c1cccc(Cl)c1F. The fraction of sp³-hybridized carbons (Fsp3) is 0.595. The molecule has 4 aliphatic rings. The van der Waals surface area contributed by atoms with E-state index in [0.717, 1.165) is 32.2 Å². The van der Waals surface area contributed by atoms with Crippen LogP contribution < -0.4 is 15.1 Å². The number of anilines is 2. The fourth-order valence-electron chi connectivity index (χ4n) is 7.74. The highest BCUT2D eigenvalue weighted by molar-refractivity contribution is 6.31. The van der Waals surface area contributed by atoms with Gasteiger partial charge in [0.25, 0.3) is 0 Å². The average molecular weight is 724 g/mol. The lowest BCUT2D eigenvalue weighted by atomic mass is 9.93. The number of hydrogen-bond donors (Lipinski definition) is 1. The molecular weight excluding hydrogens is 673 g/mol. The molecule has 4 fully saturated rings. The highest BCUT2D eigenvalue weighted by Crippen LogP contribution is 2.44. The van der Waals surface area contributed by atoms with Crippen molar-refractivity contribution < 1.29 is 27.9 Å². The minimum atomic E-state index is -0.645. The number of rotatable bonds is 4. The van der Waals surface area contributed by atoms with E-state index in [9.17, 15) is 23.2 Å². The first-order chi connectivity index (χ1) is 23.2. The Kier molecular flexibility index (Phi) is 13.0. The van der Waals surface area contributed by atoms with Crippen LogP contribution in [0.1, 0.15) is 73.1 Å². The van der Waals surface area contributed by atoms with Gasteiger partial charge in [-0.15, -0.1) is 0 Å². The van der Waals surface area contributed by atoms with E-state index in [2.05, 4.69) is 5.32 Å². The largest absolute Gasteiger partial charge is 0.444 e. The quantitative estimate of drug-likeness (QED) is 0.343. The Balaban J connectivity index is 0.000000218. The summed E-state index contributed by atoms with van der Waals surface area (Å²) in [6, 6.07) is 8.45. The summed E-state index contributed by atoms with van der Waals surface area (Å²) in [5, 5.41) is 3.30. The van der Waals surface area contributed by atoms with E-state index in [1.807, 2.05) is 13.8 Å². The number of nitrogens with one attached hydrogen (secondary N) is 1. The monoisotopic (exact) mass is 722 g/mol. The van der Waals surface area contributed by atoms with Crippen LogP contribution in [0.4, 0.5) is 25.0 Å². The summed E-state index contributed by atoms with van der Waals surface area (Å²) in [4.78, 5) is 42.8. The fourth-order valence-corrected chi connectivity index (χ4v) is 8.07. The highest BCUT2D eigenvalue weighted by Gasteiger charge is 2.51. The van der Waals surface area contributed by atoms with Crippen LogP contribution in [-0.2, 0) is 14.3 Å². The van der Waals surface area contributed by atoms with Crippen molar-refractivity contribution in [2.45, 2.75) is 90.8 Å². The molecule has 8 nitrogen and oxygen atoms in total. The summed E-state index contributed by atoms with van der Waals surface area (Å²) in [5.74, 6) is -0.199. The molecule has 1 N–H and O–H groups in total. The van der Waals surface area contributed by atoms with E-state index in [0.29, 0.717) is 18.4 Å². The van der Waals surface area contributed by atoms with Crippen LogP contribution in [0.3, 0.4) is 0 Å². The predicted octanol–water partition coefficient (Wildman–Crippen LogP) is 8.33. The van der Waals surface area contributed by atoms with Gasteiger partial charge in [0.15, 0.2) is 11.6 Å². The summed E-state index contributed by atoms with van der Waals surface area (Å²) >= 11 is 11.6. The number of ether oxygens (including phenoxy) is 1. The van der Waals surface area contributed by atoms with Crippen molar-refractivity contribution in [2.24, 2.45) is 23.7 Å². The molecule has 2 saturated carbocycles. The minimum Gasteiger partial charge on any atom is -0.444 e. The Morgan fingerprint density at radius 3 is 1.88 bits per heavy atom. The van der Waals surface area contributed by atoms with E-state index < -0.39 is 29.4 Å². The molecule has 2 aliphatic carbocycles. The zero-order chi connectivity index (χ0) is 36.2. The van der Waals surface area contributed by atoms with Crippen LogP contribution in [0, 0.1) is 35.3 Å². The molecule has 2 aromatic carbocycles. The van der Waals surface area contributed by atoms with Crippen LogP contribution >= 0.6 is 23.2 Å². The Hall–Kier alpha value is -2.95. The lowest BCUT2D eigenvalue weighted by Gasteiger charge is -2.32. The zero-order valence-corrected chi connectivity index (χ0v) is 31.1. The molecule has 2 heterocycles. The molecular formula is C37H50Cl2F2N4O4. The molecule has 0 spiro atoms. The zero-order valence-electron chi connectivity index (χ0n) is 29.6. The van der Waals surface area contributed by atoms with Crippen molar-refractivity contribution in [1.82, 2.24) is 10.2 Å². The number of likely N-dealkylation sites (tertiary alicyclic amines) is 1. The molecule has 2 saturated heterocycles. The highest BCUT2D eigenvalue weighted by atomic mass is 35.5. The summed E-state index contributed by atoms with van der Waals surface area (Å²) < 4.78 is 34.0. The van der Waals surface area contributed by atoms with Crippen molar-refractivity contribution in [3.63, 3.8) is 0 Å². The average Bonchev–Trinajstić information content (AvgIpc) is 3.85. The van der Waals surface area contributed by atoms with E-state index in [-0.39, 0.29) is 51.1 Å². The Labute approximate surface area is 299 Å². The van der Waals surface area contributed by atoms with Crippen LogP contribution in [-0.4, -0.2) is 67.7 Å². The lowest BCUT2D eigenvalue weighted by molar-refractivity contribution is -0.124. The number of fused-ring (bicyclic) bond motifs is 2. The maximum Gasteiger partial charge on any atom is 0.410 e. The molecule has 2 aliphatic heterocycles. The molecule has 2 aromatic rings. The second-order valence-electron chi connectivity index (χ2n) is 14.1. The van der Waals surface area contributed by atoms with Gasteiger partial charge in [0, 0.05) is 20.6 Å². The number of carbonyl (C=O) groups is 3. The van der Waals surface area contributed by atoms with Gasteiger partial charge in [0.05, 0.1) is 27.5 Å². The first-order valence-corrected chi connectivity index (χ1v) is 18.1. The first-order valence-electron chi connectivity index (χ1n) is 17.4. The van der Waals surface area contributed by atoms with Crippen molar-refractivity contribution in [1.29, 1.82) is 0 Å². The number of carbonyl (C=O) groups excluding carboxylic acids is 3. The smallest absolute Gasteiger partial charge is 0.410 e. The number of nitrogens with zero attached hydrogens (tertiary/aromatic N) is 3. The molecule has 0 aromatic heterocycles. The third-order valence-corrected chi connectivity index (χ3v) is 10.6. The standard InChI is InChI=1S/C20H26ClFN2O3.C15H18ClFN2O.C2H6/c1-20(2,3)27-19(26)24-11-12-7-5-8-13(12)17(24)18(25)23(4)15-10-6-9-14(21)16(15)22;1-19(12-7-3-6-11(16)13(12)17)15(20)14-10-5-2-4-9(10)8-18-14;1-2/h6,9-10,12-13,17H,5,7-8,11H2,1-4H3;3,6-7,9-10,14,18H,2,4-5,8H2,1H3;1-2H3/t12?,13-,17-;9-,10-,14-;/m00./s1. The van der Waals surface area contributed by atoms with Crippen LogP contribution in [0.15, 0.2) is 36.4 Å². The van der Waals surface area contributed by atoms with Crippen LogP contribution in [0.25, 0.3) is 0 Å². The van der Waals surface area contributed by atoms with Crippen molar-refractivity contribution in [3.05, 3.63) is 58.1 Å². The Morgan fingerprint density at radius 2 is 1.33 bits per heavy atom. The van der Waals surface area contributed by atoms with E-state index in [1.165, 1.54) is 52.8 Å². The van der Waals surface area contributed by atoms with Gasteiger partial charge in [-0.3, -0.25) is 14.5 Å². The number of likely N-dealkylation sites (N-methyl/N-ethyl adjacent to an activating group) is 2. The molecule has 12 heteroatoms. The Bertz CT molecular complexity index is 1510. The molecule has 49 heavy (non-hydrogen) atoms. The third kappa shape index (κ3) is 8.51. The first kappa shape index (κ1) is 38.8. The molecule has 3 amide bonds. The predicted molar refractivity (Wildman–Crippen MR) is 191 cm³/mol. The molecule has 0 radical (unpaired) electrons. The molecule has 0 bridgehead atoms. The van der Waals surface area contributed by atoms with Gasteiger partial charge < -0.3 is 19.9 Å². The van der Waals surface area contributed by atoms with E-state index in [1.54, 1.807) is 46.0 Å². The topological polar surface area (TPSA) is 82.2 Å². The Morgan fingerprint density at radius 1 is 0.816 bits per heavy atom. The number of amides is 3. The van der Waals surface area contributed by atoms with Crippen molar-refractivity contribution in [2.75, 3.05) is 37.0 Å². The summed E-state index contributed by atoms with van der Waals surface area (Å²) in [6.07, 6.45) is 5.88. The van der Waals surface area contributed by atoms with Crippen molar-refractivity contribution >= 4 is 52.5 Å². The van der Waals surface area contributed by atoms with Gasteiger partial charge in [0.2, 0.25) is 11.8 Å². The normalized spacial score (nSPS) is 25.3. The third-order valence-electron chi connectivity index (χ3n) is 10.0. The molecule has 6 rings (SSSR count). The van der Waals surface area contributed by atoms with Gasteiger partial charge in [-0.05, 0) is 101 Å². The molecule has 270 valence electrons. The molecule has 1 unspecified atom stereocenters. The van der Waals surface area contributed by atoms with Gasteiger partial charge in [-0.2, -0.15) is 0 Å². The van der Waals surface area contributed by atoms with Crippen LogP contribution in [0.2, 0.25) is 10.0 Å². The van der Waals surface area contributed by atoms with E-state index in [4.69, 9.17) is 27.9 Å². The van der Waals surface area contributed by atoms with Crippen LogP contribution in [0.5, 0.6) is 0 Å². The second kappa shape index (κ2) is 16.4. The van der Waals surface area contributed by atoms with E-state index >= 15 is 0 Å². The summed E-state index contributed by atoms with van der Waals surface area (Å²) in [7, 11) is 3.13. The summed E-state index contributed by atoms with van der Waals surface area (Å²) in [5.41, 5.74) is -0.295. The number of benzene rings is 2. The minimum absolute atomic E-state index is 0.0405. The number of hydrogen-bond acceptors (Lipinski definition) is 5. The van der Waals surface area contributed by atoms with Gasteiger partial charge in [-0.1, -0.05) is 62.0 Å². The summed E-state index contributed by atoms with van der Waals surface area (Å²) in [6.45, 7) is 10.8.